The number of hydrogen-bond donors (Lipinski definition) is 2. The molecule has 0 spiro atoms. The molecule has 0 radical (unpaired) electrons. The van der Waals surface area contributed by atoms with E-state index in [-0.39, 0.29) is 17.1 Å². The predicted molar refractivity (Wildman–Crippen MR) is 151 cm³/mol. The molecule has 0 saturated carbocycles. The molecule has 4 heteroatoms. The quantitative estimate of drug-likeness (QED) is 0.311. The summed E-state index contributed by atoms with van der Waals surface area (Å²) in [4.78, 5) is 26.2. The Morgan fingerprint density at radius 2 is 1.51 bits per heavy atom. The average Bonchev–Trinajstić information content (AvgIpc) is 3.01. The summed E-state index contributed by atoms with van der Waals surface area (Å²) < 4.78 is 0. The standard InChI is InChI=1S/C33H32N2O2/c1-21-12-13-24(32(37)35-26-10-7-9-25(20-26)33(2,3)4)19-30(21)34-27-16-17-29-23(18-27)15-14-22-8-5-6-11-28(22)31(29)36/h5-13,16-20,34H,14-15H2,1-4H3,(H,35,37). The Bertz CT molecular complexity index is 1510. The number of anilines is 3. The molecule has 0 bridgehead atoms. The lowest BCUT2D eigenvalue weighted by molar-refractivity contribution is 0.102. The maximum atomic E-state index is 13.1. The first kappa shape index (κ1) is 24.5. The molecule has 0 heterocycles. The molecular weight excluding hydrogens is 456 g/mol. The number of aryl methyl sites for hydroxylation is 3. The molecule has 1 amide bonds. The van der Waals surface area contributed by atoms with Crippen LogP contribution in [0.25, 0.3) is 0 Å². The van der Waals surface area contributed by atoms with Gasteiger partial charge in [-0.25, -0.2) is 0 Å². The molecule has 4 aromatic rings. The van der Waals surface area contributed by atoms with Crippen LogP contribution in [0.5, 0.6) is 0 Å². The average molecular weight is 489 g/mol. The van der Waals surface area contributed by atoms with Crippen molar-refractivity contribution >= 4 is 28.8 Å². The van der Waals surface area contributed by atoms with Gasteiger partial charge in [0.1, 0.15) is 0 Å². The Balaban J connectivity index is 1.37. The van der Waals surface area contributed by atoms with Crippen molar-refractivity contribution in [2.24, 2.45) is 0 Å². The Morgan fingerprint density at radius 1 is 0.757 bits per heavy atom. The zero-order chi connectivity index (χ0) is 26.2. The van der Waals surface area contributed by atoms with Crippen molar-refractivity contribution in [1.82, 2.24) is 0 Å². The summed E-state index contributed by atoms with van der Waals surface area (Å²) in [6, 6.07) is 27.4. The van der Waals surface area contributed by atoms with Gasteiger partial charge < -0.3 is 10.6 Å². The van der Waals surface area contributed by atoms with Crippen LogP contribution in [0.4, 0.5) is 17.1 Å². The highest BCUT2D eigenvalue weighted by molar-refractivity contribution is 6.11. The minimum absolute atomic E-state index is 0.00296. The fourth-order valence-electron chi connectivity index (χ4n) is 4.79. The zero-order valence-electron chi connectivity index (χ0n) is 21.8. The molecule has 0 unspecified atom stereocenters. The fraction of sp³-hybridized carbons (Fsp3) is 0.212. The van der Waals surface area contributed by atoms with E-state index in [0.29, 0.717) is 5.56 Å². The first-order chi connectivity index (χ1) is 17.7. The highest BCUT2D eigenvalue weighted by Gasteiger charge is 2.21. The van der Waals surface area contributed by atoms with Crippen molar-refractivity contribution in [2.75, 3.05) is 10.6 Å². The molecule has 4 nitrogen and oxygen atoms in total. The van der Waals surface area contributed by atoms with Crippen molar-refractivity contribution in [3.8, 4) is 0 Å². The molecule has 0 atom stereocenters. The number of benzene rings is 4. The maximum Gasteiger partial charge on any atom is 0.255 e. The maximum absolute atomic E-state index is 13.1. The summed E-state index contributed by atoms with van der Waals surface area (Å²) in [6.07, 6.45) is 1.64. The van der Waals surface area contributed by atoms with E-state index >= 15 is 0 Å². The molecule has 0 saturated heterocycles. The van der Waals surface area contributed by atoms with Crippen LogP contribution in [0.3, 0.4) is 0 Å². The highest BCUT2D eigenvalue weighted by atomic mass is 16.1. The number of nitrogens with one attached hydrogen (secondary N) is 2. The van der Waals surface area contributed by atoms with E-state index in [0.717, 1.165) is 57.7 Å². The van der Waals surface area contributed by atoms with Crippen LogP contribution in [0.1, 0.15) is 69.3 Å². The zero-order valence-corrected chi connectivity index (χ0v) is 21.8. The second-order valence-electron chi connectivity index (χ2n) is 10.8. The van der Waals surface area contributed by atoms with Gasteiger partial charge in [-0.3, -0.25) is 9.59 Å². The molecule has 0 aliphatic heterocycles. The van der Waals surface area contributed by atoms with Gasteiger partial charge in [-0.1, -0.05) is 63.2 Å². The largest absolute Gasteiger partial charge is 0.355 e. The van der Waals surface area contributed by atoms with Crippen molar-refractivity contribution in [1.29, 1.82) is 0 Å². The van der Waals surface area contributed by atoms with Crippen LogP contribution in [0.15, 0.2) is 84.9 Å². The Labute approximate surface area is 218 Å². The van der Waals surface area contributed by atoms with E-state index in [9.17, 15) is 9.59 Å². The fourth-order valence-corrected chi connectivity index (χ4v) is 4.79. The lowest BCUT2D eigenvalue weighted by Gasteiger charge is -2.20. The van der Waals surface area contributed by atoms with Crippen LogP contribution >= 0.6 is 0 Å². The molecule has 0 fully saturated rings. The van der Waals surface area contributed by atoms with E-state index in [1.54, 1.807) is 0 Å². The van der Waals surface area contributed by atoms with Gasteiger partial charge in [-0.05, 0) is 89.9 Å². The minimum atomic E-state index is -0.153. The lowest BCUT2D eigenvalue weighted by atomic mass is 9.87. The summed E-state index contributed by atoms with van der Waals surface area (Å²) >= 11 is 0. The second-order valence-corrected chi connectivity index (χ2v) is 10.8. The highest BCUT2D eigenvalue weighted by Crippen LogP contribution is 2.30. The Kier molecular flexibility index (Phi) is 6.43. The van der Waals surface area contributed by atoms with Crippen molar-refractivity contribution in [3.05, 3.63) is 124 Å². The van der Waals surface area contributed by atoms with E-state index in [4.69, 9.17) is 0 Å². The summed E-state index contributed by atoms with van der Waals surface area (Å²) in [6.45, 7) is 8.48. The molecule has 186 valence electrons. The molecule has 1 aliphatic carbocycles. The number of hydrogen-bond acceptors (Lipinski definition) is 3. The van der Waals surface area contributed by atoms with Gasteiger partial charge in [0.2, 0.25) is 0 Å². The molecule has 4 aromatic carbocycles. The van der Waals surface area contributed by atoms with Gasteiger partial charge in [0.25, 0.3) is 5.91 Å². The number of rotatable bonds is 4. The van der Waals surface area contributed by atoms with Crippen LogP contribution < -0.4 is 10.6 Å². The monoisotopic (exact) mass is 488 g/mol. The molecule has 37 heavy (non-hydrogen) atoms. The summed E-state index contributed by atoms with van der Waals surface area (Å²) in [7, 11) is 0. The van der Waals surface area contributed by atoms with Crippen LogP contribution in [-0.2, 0) is 18.3 Å². The Hall–Kier alpha value is -4.18. The third kappa shape index (κ3) is 5.19. The number of carbonyl (C=O) groups excluding carboxylic acids is 2. The third-order valence-electron chi connectivity index (χ3n) is 7.04. The van der Waals surface area contributed by atoms with Gasteiger partial charge in [0, 0.05) is 33.8 Å². The van der Waals surface area contributed by atoms with Crippen LogP contribution in [-0.4, -0.2) is 11.7 Å². The van der Waals surface area contributed by atoms with Gasteiger partial charge in [-0.2, -0.15) is 0 Å². The molecule has 1 aliphatic rings. The SMILES string of the molecule is Cc1ccc(C(=O)Nc2cccc(C(C)(C)C)c2)cc1Nc1ccc2c(c1)CCc1ccccc1C2=O. The number of fused-ring (bicyclic) bond motifs is 2. The number of ketones is 1. The van der Waals surface area contributed by atoms with Gasteiger partial charge >= 0.3 is 0 Å². The van der Waals surface area contributed by atoms with Crippen LogP contribution in [0.2, 0.25) is 0 Å². The lowest BCUT2D eigenvalue weighted by Crippen LogP contribution is -2.15. The van der Waals surface area contributed by atoms with Crippen molar-refractivity contribution in [2.45, 2.75) is 46.0 Å². The second kappa shape index (κ2) is 9.70. The van der Waals surface area contributed by atoms with Gasteiger partial charge in [-0.15, -0.1) is 0 Å². The normalized spacial score (nSPS) is 12.8. The van der Waals surface area contributed by atoms with E-state index in [1.807, 2.05) is 79.7 Å². The minimum Gasteiger partial charge on any atom is -0.355 e. The van der Waals surface area contributed by atoms with Crippen molar-refractivity contribution in [3.63, 3.8) is 0 Å². The van der Waals surface area contributed by atoms with Gasteiger partial charge in [0.05, 0.1) is 0 Å². The molecular formula is C33H32N2O2. The summed E-state index contributed by atoms with van der Waals surface area (Å²) in [5, 5.41) is 6.51. The molecule has 2 N–H and O–H groups in total. The Morgan fingerprint density at radius 3 is 2.32 bits per heavy atom. The topological polar surface area (TPSA) is 58.2 Å². The summed E-state index contributed by atoms with van der Waals surface area (Å²) in [5.41, 5.74) is 9.02. The molecule has 0 aromatic heterocycles. The summed E-state index contributed by atoms with van der Waals surface area (Å²) in [5.74, 6) is -0.0700. The predicted octanol–water partition coefficient (Wildman–Crippen LogP) is 7.62. The molecule has 5 rings (SSSR count). The van der Waals surface area contributed by atoms with E-state index in [1.165, 1.54) is 5.56 Å². The number of carbonyl (C=O) groups is 2. The van der Waals surface area contributed by atoms with E-state index < -0.39 is 0 Å². The first-order valence-electron chi connectivity index (χ1n) is 12.7. The number of amides is 1. The third-order valence-corrected chi connectivity index (χ3v) is 7.04. The smallest absolute Gasteiger partial charge is 0.255 e. The van der Waals surface area contributed by atoms with E-state index in [2.05, 4.69) is 43.5 Å². The first-order valence-corrected chi connectivity index (χ1v) is 12.7. The van der Waals surface area contributed by atoms with Gasteiger partial charge in [0.15, 0.2) is 5.78 Å². The van der Waals surface area contributed by atoms with Crippen molar-refractivity contribution < 1.29 is 9.59 Å². The van der Waals surface area contributed by atoms with Crippen LogP contribution in [0, 0.1) is 6.92 Å².